The number of ether oxygens (including phenoxy) is 1. The molecule has 0 aromatic heterocycles. The number of carbonyl (C=O) groups excluding carboxylic acids is 1. The Hall–Kier alpha value is -2.36. The maximum absolute atomic E-state index is 12.9. The van der Waals surface area contributed by atoms with Crippen molar-refractivity contribution < 1.29 is 13.9 Å². The molecule has 0 unspecified atom stereocenters. The molecule has 1 N–H and O–H groups in total. The first-order valence-corrected chi connectivity index (χ1v) is 9.59. The van der Waals surface area contributed by atoms with Crippen LogP contribution in [0, 0.1) is 5.82 Å². The topological polar surface area (TPSA) is 38.3 Å². The Bertz CT molecular complexity index is 718. The SMILES string of the molecule is CC[C@H](Oc1ccc(C(C)(C)C)cc1)C(=O)NCCCc1ccc(F)cc1. The van der Waals surface area contributed by atoms with Gasteiger partial charge in [0, 0.05) is 6.54 Å². The lowest BCUT2D eigenvalue weighted by Crippen LogP contribution is -2.38. The molecule has 1 atom stereocenters. The average Bonchev–Trinajstić information content (AvgIpc) is 2.64. The fourth-order valence-electron chi connectivity index (χ4n) is 2.79. The zero-order valence-corrected chi connectivity index (χ0v) is 16.7. The van der Waals surface area contributed by atoms with E-state index in [1.165, 1.54) is 17.7 Å². The van der Waals surface area contributed by atoms with Crippen LogP contribution in [0.1, 0.15) is 51.7 Å². The smallest absolute Gasteiger partial charge is 0.261 e. The molecule has 0 aliphatic rings. The molecule has 1 amide bonds. The highest BCUT2D eigenvalue weighted by atomic mass is 19.1. The zero-order chi connectivity index (χ0) is 19.9. The van der Waals surface area contributed by atoms with E-state index in [1.807, 2.05) is 31.2 Å². The number of hydrogen-bond donors (Lipinski definition) is 1. The molecular formula is C23H30FNO2. The maximum atomic E-state index is 12.9. The van der Waals surface area contributed by atoms with Gasteiger partial charge in [0.15, 0.2) is 6.10 Å². The maximum Gasteiger partial charge on any atom is 0.261 e. The molecule has 0 aliphatic carbocycles. The van der Waals surface area contributed by atoms with Crippen molar-refractivity contribution in [3.05, 3.63) is 65.5 Å². The summed E-state index contributed by atoms with van der Waals surface area (Å²) in [5, 5.41) is 2.93. The Labute approximate surface area is 161 Å². The number of hydrogen-bond acceptors (Lipinski definition) is 2. The van der Waals surface area contributed by atoms with Crippen molar-refractivity contribution >= 4 is 5.91 Å². The largest absolute Gasteiger partial charge is 0.481 e. The van der Waals surface area contributed by atoms with Crippen LogP contribution in [-0.2, 0) is 16.6 Å². The lowest BCUT2D eigenvalue weighted by Gasteiger charge is -2.21. The summed E-state index contributed by atoms with van der Waals surface area (Å²) in [7, 11) is 0. The number of aryl methyl sites for hydroxylation is 1. The van der Waals surface area contributed by atoms with Crippen LogP contribution in [0.5, 0.6) is 5.75 Å². The third-order valence-electron chi connectivity index (χ3n) is 4.52. The minimum Gasteiger partial charge on any atom is -0.481 e. The molecule has 0 radical (unpaired) electrons. The molecule has 0 heterocycles. The van der Waals surface area contributed by atoms with Gasteiger partial charge in [-0.05, 0) is 60.1 Å². The van der Waals surface area contributed by atoms with Crippen LogP contribution in [0.15, 0.2) is 48.5 Å². The Balaban J connectivity index is 1.80. The monoisotopic (exact) mass is 371 g/mol. The Morgan fingerprint density at radius 3 is 2.26 bits per heavy atom. The van der Waals surface area contributed by atoms with E-state index < -0.39 is 6.10 Å². The fraction of sp³-hybridized carbons (Fsp3) is 0.435. The van der Waals surface area contributed by atoms with Gasteiger partial charge in [-0.2, -0.15) is 0 Å². The van der Waals surface area contributed by atoms with Gasteiger partial charge in [-0.3, -0.25) is 4.79 Å². The van der Waals surface area contributed by atoms with Crippen LogP contribution >= 0.6 is 0 Å². The molecule has 0 saturated carbocycles. The minimum absolute atomic E-state index is 0.0879. The highest BCUT2D eigenvalue weighted by Crippen LogP contribution is 2.24. The standard InChI is InChI=1S/C23H30FNO2/c1-5-21(27-20-14-10-18(11-15-20)23(2,3)4)22(26)25-16-6-7-17-8-12-19(24)13-9-17/h8-15,21H,5-7,16H2,1-4H3,(H,25,26)/t21-/m0/s1. The van der Waals surface area contributed by atoms with Gasteiger partial charge in [0.2, 0.25) is 0 Å². The van der Waals surface area contributed by atoms with E-state index in [2.05, 4.69) is 26.1 Å². The number of halogens is 1. The summed E-state index contributed by atoms with van der Waals surface area (Å²) in [4.78, 5) is 12.4. The first-order chi connectivity index (χ1) is 12.8. The van der Waals surface area contributed by atoms with Gasteiger partial charge in [0.25, 0.3) is 5.91 Å². The molecular weight excluding hydrogens is 341 g/mol. The van der Waals surface area contributed by atoms with Crippen LogP contribution in [0.3, 0.4) is 0 Å². The minimum atomic E-state index is -0.503. The van der Waals surface area contributed by atoms with E-state index in [0.29, 0.717) is 18.7 Å². The van der Waals surface area contributed by atoms with Crippen LogP contribution < -0.4 is 10.1 Å². The van der Waals surface area contributed by atoms with E-state index >= 15 is 0 Å². The second-order valence-electron chi connectivity index (χ2n) is 7.81. The number of amides is 1. The molecule has 0 aliphatic heterocycles. The van der Waals surface area contributed by atoms with Crippen LogP contribution in [-0.4, -0.2) is 18.6 Å². The van der Waals surface area contributed by atoms with Crippen molar-refractivity contribution in [2.45, 2.75) is 58.5 Å². The van der Waals surface area contributed by atoms with Crippen LogP contribution in [0.4, 0.5) is 4.39 Å². The quantitative estimate of drug-likeness (QED) is 0.661. The summed E-state index contributed by atoms with van der Waals surface area (Å²) in [5.74, 6) is 0.373. The summed E-state index contributed by atoms with van der Waals surface area (Å²) >= 11 is 0. The van der Waals surface area contributed by atoms with E-state index in [1.54, 1.807) is 12.1 Å². The van der Waals surface area contributed by atoms with Crippen molar-refractivity contribution in [2.24, 2.45) is 0 Å². The van der Waals surface area contributed by atoms with Crippen molar-refractivity contribution in [2.75, 3.05) is 6.54 Å². The lowest BCUT2D eigenvalue weighted by atomic mass is 9.87. The number of carbonyl (C=O) groups is 1. The molecule has 0 spiro atoms. The molecule has 146 valence electrons. The van der Waals surface area contributed by atoms with Gasteiger partial charge in [-0.25, -0.2) is 4.39 Å². The van der Waals surface area contributed by atoms with Crippen LogP contribution in [0.2, 0.25) is 0 Å². The first kappa shape index (κ1) is 20.9. The molecule has 0 bridgehead atoms. The van der Waals surface area contributed by atoms with E-state index in [9.17, 15) is 9.18 Å². The summed E-state index contributed by atoms with van der Waals surface area (Å²) in [6, 6.07) is 14.4. The molecule has 3 nitrogen and oxygen atoms in total. The van der Waals surface area contributed by atoms with E-state index in [-0.39, 0.29) is 17.1 Å². The molecule has 4 heteroatoms. The molecule has 2 aromatic rings. The van der Waals surface area contributed by atoms with Crippen molar-refractivity contribution in [1.29, 1.82) is 0 Å². The van der Waals surface area contributed by atoms with Gasteiger partial charge in [0.1, 0.15) is 11.6 Å². The predicted octanol–water partition coefficient (Wildman–Crippen LogP) is 5.03. The third kappa shape index (κ3) is 6.70. The van der Waals surface area contributed by atoms with Gasteiger partial charge in [-0.15, -0.1) is 0 Å². The Kier molecular flexibility index (Phi) is 7.40. The summed E-state index contributed by atoms with van der Waals surface area (Å²) in [6.07, 6.45) is 1.70. The Morgan fingerprint density at radius 2 is 1.70 bits per heavy atom. The molecule has 0 saturated heterocycles. The summed E-state index contributed by atoms with van der Waals surface area (Å²) in [5.41, 5.74) is 2.38. The van der Waals surface area contributed by atoms with Crippen LogP contribution in [0.25, 0.3) is 0 Å². The van der Waals surface area contributed by atoms with Gasteiger partial charge in [-0.1, -0.05) is 52.0 Å². The second kappa shape index (κ2) is 9.54. The van der Waals surface area contributed by atoms with Gasteiger partial charge in [0.05, 0.1) is 0 Å². The molecule has 2 aromatic carbocycles. The lowest BCUT2D eigenvalue weighted by molar-refractivity contribution is -0.128. The molecule has 0 fully saturated rings. The second-order valence-corrected chi connectivity index (χ2v) is 7.81. The summed E-state index contributed by atoms with van der Waals surface area (Å²) < 4.78 is 18.8. The summed E-state index contributed by atoms with van der Waals surface area (Å²) in [6.45, 7) is 9.00. The zero-order valence-electron chi connectivity index (χ0n) is 16.7. The average molecular weight is 371 g/mol. The number of rotatable bonds is 8. The fourth-order valence-corrected chi connectivity index (χ4v) is 2.79. The van der Waals surface area contributed by atoms with Gasteiger partial charge >= 0.3 is 0 Å². The third-order valence-corrected chi connectivity index (χ3v) is 4.52. The number of benzene rings is 2. The van der Waals surface area contributed by atoms with Crippen molar-refractivity contribution in [3.63, 3.8) is 0 Å². The molecule has 2 rings (SSSR count). The van der Waals surface area contributed by atoms with Crippen molar-refractivity contribution in [3.8, 4) is 5.75 Å². The highest BCUT2D eigenvalue weighted by molar-refractivity contribution is 5.81. The number of nitrogens with one attached hydrogen (secondary N) is 1. The highest BCUT2D eigenvalue weighted by Gasteiger charge is 2.18. The van der Waals surface area contributed by atoms with Gasteiger partial charge < -0.3 is 10.1 Å². The Morgan fingerprint density at radius 1 is 1.07 bits per heavy atom. The molecule has 27 heavy (non-hydrogen) atoms. The normalized spacial score (nSPS) is 12.5. The van der Waals surface area contributed by atoms with E-state index in [4.69, 9.17) is 4.74 Å². The van der Waals surface area contributed by atoms with E-state index in [0.717, 1.165) is 18.4 Å². The first-order valence-electron chi connectivity index (χ1n) is 9.59. The predicted molar refractivity (Wildman–Crippen MR) is 108 cm³/mol. The van der Waals surface area contributed by atoms with Crippen molar-refractivity contribution in [1.82, 2.24) is 5.32 Å².